The zero-order valence-electron chi connectivity index (χ0n) is 14.5. The Morgan fingerprint density at radius 3 is 2.46 bits per heavy atom. The van der Waals surface area contributed by atoms with E-state index in [1.807, 2.05) is 12.2 Å². The van der Waals surface area contributed by atoms with E-state index in [0.717, 1.165) is 6.42 Å². The van der Waals surface area contributed by atoms with Gasteiger partial charge in [-0.15, -0.1) is 0 Å². The molecule has 1 aliphatic heterocycles. The average Bonchev–Trinajstić information content (AvgIpc) is 3.28. The summed E-state index contributed by atoms with van der Waals surface area (Å²) in [5, 5.41) is 2.70. The molecule has 0 spiro atoms. The van der Waals surface area contributed by atoms with Gasteiger partial charge in [-0.25, -0.2) is 4.39 Å². The minimum Gasteiger partial charge on any atom is -0.356 e. The number of imide groups is 1. The maximum absolute atomic E-state index is 13.8. The zero-order valence-corrected chi connectivity index (χ0v) is 14.5. The Hall–Kier alpha value is -2.50. The second kappa shape index (κ2) is 6.34. The van der Waals surface area contributed by atoms with Crippen LogP contribution in [0.25, 0.3) is 0 Å². The van der Waals surface area contributed by atoms with Gasteiger partial charge in [0.05, 0.1) is 24.3 Å². The van der Waals surface area contributed by atoms with E-state index < -0.39 is 11.9 Å². The highest BCUT2D eigenvalue weighted by Crippen LogP contribution is 2.54. The van der Waals surface area contributed by atoms with Crippen LogP contribution in [0.2, 0.25) is 0 Å². The third-order valence-corrected chi connectivity index (χ3v) is 5.80. The first-order valence-corrected chi connectivity index (χ1v) is 9.08. The summed E-state index contributed by atoms with van der Waals surface area (Å²) in [6.07, 6.45) is 4.85. The average molecular weight is 356 g/mol. The number of benzene rings is 1. The molecule has 5 unspecified atom stereocenters. The Bertz CT molecular complexity index is 776. The molecule has 136 valence electrons. The Kier molecular flexibility index (Phi) is 4.13. The van der Waals surface area contributed by atoms with Crippen molar-refractivity contribution in [3.05, 3.63) is 47.8 Å². The third-order valence-electron chi connectivity index (χ3n) is 5.80. The number of carbonyl (C=O) groups is 3. The van der Waals surface area contributed by atoms with Crippen molar-refractivity contribution in [2.75, 3.05) is 6.54 Å². The van der Waals surface area contributed by atoms with Gasteiger partial charge >= 0.3 is 0 Å². The lowest BCUT2D eigenvalue weighted by Crippen LogP contribution is -2.39. The van der Waals surface area contributed by atoms with Crippen LogP contribution in [-0.2, 0) is 14.4 Å². The predicted octanol–water partition coefficient (Wildman–Crippen LogP) is 2.20. The molecule has 4 rings (SSSR count). The van der Waals surface area contributed by atoms with E-state index in [1.165, 1.54) is 23.1 Å². The quantitative estimate of drug-likeness (QED) is 0.650. The summed E-state index contributed by atoms with van der Waals surface area (Å²) in [5.41, 5.74) is 0.471. The van der Waals surface area contributed by atoms with Crippen molar-refractivity contribution >= 4 is 17.7 Å². The molecule has 1 N–H and O–H groups in total. The molecule has 1 aromatic carbocycles. The summed E-state index contributed by atoms with van der Waals surface area (Å²) in [4.78, 5) is 39.6. The summed E-state index contributed by atoms with van der Waals surface area (Å²) in [7, 11) is 0. The number of nitrogens with zero attached hydrogens (tertiary/aromatic N) is 1. The number of hydrogen-bond donors (Lipinski definition) is 1. The van der Waals surface area contributed by atoms with Crippen molar-refractivity contribution in [1.29, 1.82) is 0 Å². The first-order valence-electron chi connectivity index (χ1n) is 9.08. The number of halogens is 1. The van der Waals surface area contributed by atoms with E-state index in [1.54, 1.807) is 13.0 Å². The highest BCUT2D eigenvalue weighted by Gasteiger charge is 2.60. The molecule has 1 heterocycles. The Morgan fingerprint density at radius 2 is 1.88 bits per heavy atom. The van der Waals surface area contributed by atoms with Gasteiger partial charge in [0, 0.05) is 6.54 Å². The van der Waals surface area contributed by atoms with Crippen LogP contribution < -0.4 is 5.32 Å². The second-order valence-electron chi connectivity index (χ2n) is 7.27. The number of fused-ring (bicyclic) bond motifs is 5. The number of rotatable bonds is 5. The highest BCUT2D eigenvalue weighted by molar-refractivity contribution is 6.07. The largest absolute Gasteiger partial charge is 0.356 e. The van der Waals surface area contributed by atoms with Gasteiger partial charge in [0.15, 0.2) is 0 Å². The molecule has 2 fully saturated rings. The fourth-order valence-corrected chi connectivity index (χ4v) is 4.75. The number of hydrogen-bond acceptors (Lipinski definition) is 3. The standard InChI is InChI=1S/C20H21FN2O3/c1-2-22-16(24)10-15(11-4-3-5-14(21)9-11)23-19(25)17-12-6-7-13(8-12)18(17)20(23)26/h3-7,9,12-13,15,17-18H,2,8,10H2,1H3,(H,22,24). The SMILES string of the molecule is CCNC(=O)CC(c1cccc(F)c1)N1C(=O)C2C3C=CC(C3)C2C1=O. The summed E-state index contributed by atoms with van der Waals surface area (Å²) in [5.74, 6) is -1.63. The van der Waals surface area contributed by atoms with Crippen LogP contribution in [0.5, 0.6) is 0 Å². The molecule has 2 bridgehead atoms. The van der Waals surface area contributed by atoms with Crippen LogP contribution in [0.4, 0.5) is 4.39 Å². The van der Waals surface area contributed by atoms with Gasteiger partial charge < -0.3 is 5.32 Å². The molecular weight excluding hydrogens is 335 g/mol. The van der Waals surface area contributed by atoms with Gasteiger partial charge in [-0.05, 0) is 42.9 Å². The lowest BCUT2D eigenvalue weighted by Gasteiger charge is -2.28. The first kappa shape index (κ1) is 16.9. The molecule has 1 saturated carbocycles. The summed E-state index contributed by atoms with van der Waals surface area (Å²) < 4.78 is 13.8. The number of allylic oxidation sites excluding steroid dienone is 2. The Labute approximate surface area is 151 Å². The molecule has 0 aromatic heterocycles. The molecule has 6 heteroatoms. The predicted molar refractivity (Wildman–Crippen MR) is 92.0 cm³/mol. The van der Waals surface area contributed by atoms with Crippen LogP contribution in [0.1, 0.15) is 31.4 Å². The van der Waals surface area contributed by atoms with E-state index in [0.29, 0.717) is 12.1 Å². The monoisotopic (exact) mass is 356 g/mol. The molecule has 3 amide bonds. The van der Waals surface area contributed by atoms with Crippen molar-refractivity contribution in [3.8, 4) is 0 Å². The Balaban J connectivity index is 1.69. The topological polar surface area (TPSA) is 66.5 Å². The van der Waals surface area contributed by atoms with Crippen molar-refractivity contribution < 1.29 is 18.8 Å². The summed E-state index contributed by atoms with van der Waals surface area (Å²) in [6.45, 7) is 2.25. The first-order chi connectivity index (χ1) is 12.5. The van der Waals surface area contributed by atoms with Crippen molar-refractivity contribution in [1.82, 2.24) is 10.2 Å². The van der Waals surface area contributed by atoms with Crippen molar-refractivity contribution in [2.45, 2.75) is 25.8 Å². The maximum Gasteiger partial charge on any atom is 0.234 e. The fraction of sp³-hybridized carbons (Fsp3) is 0.450. The molecule has 1 aromatic rings. The molecule has 5 nitrogen and oxygen atoms in total. The Morgan fingerprint density at radius 1 is 1.23 bits per heavy atom. The lowest BCUT2D eigenvalue weighted by atomic mass is 9.85. The van der Waals surface area contributed by atoms with Crippen LogP contribution in [0.15, 0.2) is 36.4 Å². The normalized spacial score (nSPS) is 30.0. The molecular formula is C20H21FN2O3. The molecule has 0 radical (unpaired) electrons. The highest BCUT2D eigenvalue weighted by atomic mass is 19.1. The molecule has 26 heavy (non-hydrogen) atoms. The zero-order chi connectivity index (χ0) is 18.4. The molecule has 2 aliphatic carbocycles. The van der Waals surface area contributed by atoms with E-state index in [9.17, 15) is 18.8 Å². The van der Waals surface area contributed by atoms with Crippen LogP contribution in [0, 0.1) is 29.5 Å². The summed E-state index contributed by atoms with van der Waals surface area (Å²) in [6, 6.07) is 5.02. The minimum absolute atomic E-state index is 0.0586. The number of likely N-dealkylation sites (tertiary alicyclic amines) is 1. The van der Waals surface area contributed by atoms with E-state index in [2.05, 4.69) is 5.32 Å². The van der Waals surface area contributed by atoms with Gasteiger partial charge in [-0.1, -0.05) is 24.3 Å². The maximum atomic E-state index is 13.8. The van der Waals surface area contributed by atoms with E-state index in [-0.39, 0.29) is 47.8 Å². The van der Waals surface area contributed by atoms with Crippen molar-refractivity contribution in [3.63, 3.8) is 0 Å². The van der Waals surface area contributed by atoms with Gasteiger partial charge in [0.2, 0.25) is 17.7 Å². The van der Waals surface area contributed by atoms with E-state index in [4.69, 9.17) is 0 Å². The molecule has 3 aliphatic rings. The smallest absolute Gasteiger partial charge is 0.234 e. The van der Waals surface area contributed by atoms with E-state index >= 15 is 0 Å². The van der Waals surface area contributed by atoms with Gasteiger partial charge in [-0.3, -0.25) is 19.3 Å². The number of nitrogens with one attached hydrogen (secondary N) is 1. The third kappa shape index (κ3) is 2.55. The number of carbonyl (C=O) groups excluding carboxylic acids is 3. The van der Waals surface area contributed by atoms with Gasteiger partial charge in [-0.2, -0.15) is 0 Å². The summed E-state index contributed by atoms with van der Waals surface area (Å²) >= 11 is 0. The van der Waals surface area contributed by atoms with Crippen LogP contribution in [-0.4, -0.2) is 29.2 Å². The van der Waals surface area contributed by atoms with Crippen LogP contribution in [0.3, 0.4) is 0 Å². The lowest BCUT2D eigenvalue weighted by molar-refractivity contribution is -0.144. The van der Waals surface area contributed by atoms with Crippen molar-refractivity contribution in [2.24, 2.45) is 23.7 Å². The van der Waals surface area contributed by atoms with Gasteiger partial charge in [0.25, 0.3) is 0 Å². The minimum atomic E-state index is -0.776. The number of amides is 3. The second-order valence-corrected chi connectivity index (χ2v) is 7.27. The molecule has 1 saturated heterocycles. The fourth-order valence-electron chi connectivity index (χ4n) is 4.75. The molecule has 5 atom stereocenters. The van der Waals surface area contributed by atoms with Crippen LogP contribution >= 0.6 is 0 Å². The van der Waals surface area contributed by atoms with Gasteiger partial charge in [0.1, 0.15) is 5.82 Å².